The molecule has 2 N–H and O–H groups in total. The Morgan fingerprint density at radius 2 is 2.16 bits per heavy atom. The van der Waals surface area contributed by atoms with E-state index < -0.39 is 0 Å². The van der Waals surface area contributed by atoms with E-state index in [1.807, 2.05) is 0 Å². The number of hydrogen-bond acceptors (Lipinski definition) is 5. The van der Waals surface area contributed by atoms with E-state index in [2.05, 4.69) is 15.5 Å². The van der Waals surface area contributed by atoms with Crippen LogP contribution in [-0.4, -0.2) is 22.6 Å². The van der Waals surface area contributed by atoms with E-state index in [1.54, 1.807) is 18.2 Å². The summed E-state index contributed by atoms with van der Waals surface area (Å²) in [7, 11) is 0. The van der Waals surface area contributed by atoms with Gasteiger partial charge in [0.2, 0.25) is 0 Å². The molecule has 0 amide bonds. The van der Waals surface area contributed by atoms with Crippen molar-refractivity contribution >= 4 is 29.8 Å². The topological polar surface area (TPSA) is 74.6 Å². The van der Waals surface area contributed by atoms with Crippen molar-refractivity contribution in [1.29, 1.82) is 0 Å². The largest absolute Gasteiger partial charge is 0.507 e. The lowest BCUT2D eigenvalue weighted by molar-refractivity contribution is 0.112. The van der Waals surface area contributed by atoms with Gasteiger partial charge in [0.15, 0.2) is 6.29 Å². The van der Waals surface area contributed by atoms with Crippen LogP contribution >= 0.6 is 11.6 Å². The first-order chi connectivity index (χ1) is 9.20. The number of nitrogens with zero attached hydrogens (tertiary/aromatic N) is 2. The Kier molecular flexibility index (Phi) is 4.10. The van der Waals surface area contributed by atoms with Gasteiger partial charge < -0.3 is 5.11 Å². The van der Waals surface area contributed by atoms with Crippen LogP contribution in [0, 0.1) is 0 Å². The molecule has 6 heteroatoms. The summed E-state index contributed by atoms with van der Waals surface area (Å²) < 4.78 is 0. The molecule has 1 aromatic heterocycles. The highest BCUT2D eigenvalue weighted by Gasteiger charge is 2.00. The molecule has 0 saturated heterocycles. The summed E-state index contributed by atoms with van der Waals surface area (Å²) in [5, 5.41) is 14.0. The van der Waals surface area contributed by atoms with Crippen molar-refractivity contribution in [2.75, 3.05) is 5.43 Å². The number of benzene rings is 1. The second-order valence-electron chi connectivity index (χ2n) is 3.65. The molecule has 0 aliphatic carbocycles. The van der Waals surface area contributed by atoms with E-state index in [4.69, 9.17) is 11.6 Å². The van der Waals surface area contributed by atoms with Gasteiger partial charge in [0.1, 0.15) is 5.75 Å². The molecule has 2 rings (SSSR count). The minimum Gasteiger partial charge on any atom is -0.507 e. The number of phenolic OH excluding ortho intramolecular Hbond substituents is 1. The summed E-state index contributed by atoms with van der Waals surface area (Å²) in [5.74, 6) is 0.0664. The number of halogens is 1. The molecule has 0 fully saturated rings. The zero-order chi connectivity index (χ0) is 13.7. The van der Waals surface area contributed by atoms with Gasteiger partial charge in [-0.15, -0.1) is 0 Å². The number of aldehydes is 1. The van der Waals surface area contributed by atoms with Gasteiger partial charge in [-0.25, -0.2) is 0 Å². The average Bonchev–Trinajstić information content (AvgIpc) is 2.43. The number of rotatable bonds is 4. The van der Waals surface area contributed by atoms with Crippen molar-refractivity contribution in [1.82, 2.24) is 4.98 Å². The molecule has 1 heterocycles. The van der Waals surface area contributed by atoms with Crippen molar-refractivity contribution in [3.63, 3.8) is 0 Å². The van der Waals surface area contributed by atoms with Gasteiger partial charge in [-0.3, -0.25) is 15.2 Å². The highest BCUT2D eigenvalue weighted by Crippen LogP contribution is 2.19. The standard InChI is InChI=1S/C13H10ClN3O2/c14-11-1-2-13(19)10(5-11)6-16-17-12-7-15-4-3-9(12)8-18/h1-8,17,19H/b16-6+. The number of phenols is 1. The Morgan fingerprint density at radius 3 is 2.95 bits per heavy atom. The molecular formula is C13H10ClN3O2. The lowest BCUT2D eigenvalue weighted by Gasteiger charge is -2.02. The Labute approximate surface area is 114 Å². The fraction of sp³-hybridized carbons (Fsp3) is 0. The van der Waals surface area contributed by atoms with Gasteiger partial charge in [-0.1, -0.05) is 11.6 Å². The highest BCUT2D eigenvalue weighted by molar-refractivity contribution is 6.30. The maximum atomic E-state index is 10.8. The maximum Gasteiger partial charge on any atom is 0.152 e. The number of aromatic hydroxyl groups is 1. The van der Waals surface area contributed by atoms with Gasteiger partial charge in [-0.2, -0.15) is 5.10 Å². The number of hydrogen-bond donors (Lipinski definition) is 2. The zero-order valence-electron chi connectivity index (χ0n) is 9.75. The van der Waals surface area contributed by atoms with E-state index >= 15 is 0 Å². The van der Waals surface area contributed by atoms with E-state index in [9.17, 15) is 9.90 Å². The smallest absolute Gasteiger partial charge is 0.152 e. The lowest BCUT2D eigenvalue weighted by Crippen LogP contribution is -1.96. The van der Waals surface area contributed by atoms with E-state index in [0.717, 1.165) is 0 Å². The normalized spacial score (nSPS) is 10.6. The van der Waals surface area contributed by atoms with Crippen molar-refractivity contribution in [2.45, 2.75) is 0 Å². The Bertz CT molecular complexity index is 629. The highest BCUT2D eigenvalue weighted by atomic mass is 35.5. The van der Waals surface area contributed by atoms with Gasteiger partial charge in [0.25, 0.3) is 0 Å². The number of anilines is 1. The van der Waals surface area contributed by atoms with Crippen LogP contribution in [0.1, 0.15) is 15.9 Å². The fourth-order valence-corrected chi connectivity index (χ4v) is 1.58. The third kappa shape index (κ3) is 3.29. The summed E-state index contributed by atoms with van der Waals surface area (Å²) in [5.41, 5.74) is 4.08. The number of aromatic nitrogens is 1. The molecule has 0 saturated carbocycles. The second kappa shape index (κ2) is 5.97. The Morgan fingerprint density at radius 1 is 1.32 bits per heavy atom. The van der Waals surface area contributed by atoms with Crippen LogP contribution in [0.25, 0.3) is 0 Å². The number of hydrazone groups is 1. The molecule has 0 aliphatic rings. The quantitative estimate of drug-likeness (QED) is 0.511. The molecule has 0 spiro atoms. The average molecular weight is 276 g/mol. The molecule has 0 bridgehead atoms. The van der Waals surface area contributed by atoms with Crippen molar-refractivity contribution in [2.24, 2.45) is 5.10 Å². The molecule has 96 valence electrons. The molecule has 5 nitrogen and oxygen atoms in total. The van der Waals surface area contributed by atoms with Crippen molar-refractivity contribution < 1.29 is 9.90 Å². The lowest BCUT2D eigenvalue weighted by atomic mass is 10.2. The molecule has 2 aromatic rings. The van der Waals surface area contributed by atoms with Crippen LogP contribution in [0.4, 0.5) is 5.69 Å². The number of carbonyl (C=O) groups excluding carboxylic acids is 1. The molecule has 1 aromatic carbocycles. The molecule has 0 atom stereocenters. The Balaban J connectivity index is 2.15. The van der Waals surface area contributed by atoms with Crippen LogP contribution in [0.5, 0.6) is 5.75 Å². The first-order valence-electron chi connectivity index (χ1n) is 5.37. The summed E-state index contributed by atoms with van der Waals surface area (Å²) in [6.07, 6.45) is 5.11. The predicted octanol–water partition coefficient (Wildman–Crippen LogP) is 2.70. The molecule has 0 unspecified atom stereocenters. The first-order valence-corrected chi connectivity index (χ1v) is 5.75. The summed E-state index contributed by atoms with van der Waals surface area (Å²) in [4.78, 5) is 14.7. The SMILES string of the molecule is O=Cc1ccncc1N/N=C/c1cc(Cl)ccc1O. The monoisotopic (exact) mass is 275 g/mol. The summed E-state index contributed by atoms with van der Waals surface area (Å²) in [6.45, 7) is 0. The number of carbonyl (C=O) groups is 1. The molecule has 0 radical (unpaired) electrons. The van der Waals surface area contributed by atoms with E-state index in [-0.39, 0.29) is 5.75 Å². The molecule has 0 aliphatic heterocycles. The van der Waals surface area contributed by atoms with Gasteiger partial charge in [0.05, 0.1) is 18.1 Å². The van der Waals surface area contributed by atoms with Gasteiger partial charge in [-0.05, 0) is 24.3 Å². The van der Waals surface area contributed by atoms with Gasteiger partial charge in [0, 0.05) is 22.3 Å². The molecule has 19 heavy (non-hydrogen) atoms. The summed E-state index contributed by atoms with van der Waals surface area (Å²) >= 11 is 5.81. The third-order valence-corrected chi connectivity index (χ3v) is 2.60. The van der Waals surface area contributed by atoms with E-state index in [1.165, 1.54) is 24.7 Å². The van der Waals surface area contributed by atoms with Crippen LogP contribution in [0.3, 0.4) is 0 Å². The predicted molar refractivity (Wildman–Crippen MR) is 74.0 cm³/mol. The minimum atomic E-state index is 0.0664. The fourth-order valence-electron chi connectivity index (χ4n) is 1.40. The minimum absolute atomic E-state index is 0.0664. The van der Waals surface area contributed by atoms with Crippen LogP contribution < -0.4 is 5.43 Å². The Hall–Kier alpha value is -2.40. The number of nitrogens with one attached hydrogen (secondary N) is 1. The van der Waals surface area contributed by atoms with Crippen molar-refractivity contribution in [3.8, 4) is 5.75 Å². The second-order valence-corrected chi connectivity index (χ2v) is 4.09. The summed E-state index contributed by atoms with van der Waals surface area (Å²) in [6, 6.07) is 6.20. The van der Waals surface area contributed by atoms with E-state index in [0.29, 0.717) is 28.1 Å². The van der Waals surface area contributed by atoms with Crippen molar-refractivity contribution in [3.05, 3.63) is 52.8 Å². The maximum absolute atomic E-state index is 10.8. The van der Waals surface area contributed by atoms with Crippen LogP contribution in [0.2, 0.25) is 5.02 Å². The van der Waals surface area contributed by atoms with Crippen LogP contribution in [0.15, 0.2) is 41.8 Å². The van der Waals surface area contributed by atoms with Gasteiger partial charge >= 0.3 is 0 Å². The zero-order valence-corrected chi connectivity index (χ0v) is 10.5. The van der Waals surface area contributed by atoms with Crippen LogP contribution in [-0.2, 0) is 0 Å². The number of pyridine rings is 1. The third-order valence-electron chi connectivity index (χ3n) is 2.36. The molecular weight excluding hydrogens is 266 g/mol. The first kappa shape index (κ1) is 13.0.